The molecule has 2 aromatic rings. The molecule has 1 fully saturated rings. The molecule has 1 aliphatic heterocycles. The molecule has 1 amide bonds. The van der Waals surface area contributed by atoms with E-state index in [-0.39, 0.29) is 23.3 Å². The first-order valence-corrected chi connectivity index (χ1v) is 7.37. The summed E-state index contributed by atoms with van der Waals surface area (Å²) in [7, 11) is 0. The molecule has 0 saturated carbocycles. The summed E-state index contributed by atoms with van der Waals surface area (Å²) in [6, 6.07) is 9.43. The Hall–Kier alpha value is -2.43. The van der Waals surface area contributed by atoms with Gasteiger partial charge in [-0.15, -0.1) is 0 Å². The number of carbonyl (C=O) groups is 1. The maximum absolute atomic E-state index is 13.0. The van der Waals surface area contributed by atoms with Crippen molar-refractivity contribution in [2.24, 2.45) is 0 Å². The summed E-state index contributed by atoms with van der Waals surface area (Å²) >= 11 is 0. The van der Waals surface area contributed by atoms with E-state index in [0.717, 1.165) is 24.8 Å². The van der Waals surface area contributed by atoms with Crippen LogP contribution in [0.3, 0.4) is 0 Å². The molecule has 1 unspecified atom stereocenters. The van der Waals surface area contributed by atoms with Gasteiger partial charge in [-0.2, -0.15) is 0 Å². The third-order valence-corrected chi connectivity index (χ3v) is 4.05. The number of H-pyrrole nitrogens is 1. The molecule has 2 heterocycles. The van der Waals surface area contributed by atoms with Crippen LogP contribution in [0.4, 0.5) is 4.39 Å². The molecule has 3 rings (SSSR count). The molecule has 0 spiro atoms. The Morgan fingerprint density at radius 2 is 2.00 bits per heavy atom. The van der Waals surface area contributed by atoms with E-state index in [2.05, 4.69) is 4.98 Å². The smallest absolute Gasteiger partial charge is 0.255 e. The van der Waals surface area contributed by atoms with Crippen LogP contribution in [0.5, 0.6) is 0 Å². The Kier molecular flexibility index (Phi) is 4.04. The van der Waals surface area contributed by atoms with Crippen LogP contribution in [0, 0.1) is 5.82 Å². The maximum Gasteiger partial charge on any atom is 0.255 e. The fraction of sp³-hybridized carbons (Fsp3) is 0.294. The van der Waals surface area contributed by atoms with E-state index in [0.29, 0.717) is 12.1 Å². The number of hydrogen-bond acceptors (Lipinski definition) is 2. The second-order valence-electron chi connectivity index (χ2n) is 5.57. The topological polar surface area (TPSA) is 53.2 Å². The monoisotopic (exact) mass is 300 g/mol. The number of halogens is 1. The first-order chi connectivity index (χ1) is 10.6. The highest BCUT2D eigenvalue weighted by Crippen LogP contribution is 2.23. The van der Waals surface area contributed by atoms with Crippen LogP contribution in [0.25, 0.3) is 0 Å². The largest absolute Gasteiger partial charge is 0.335 e. The number of rotatable bonds is 3. The van der Waals surface area contributed by atoms with Crippen LogP contribution >= 0.6 is 0 Å². The van der Waals surface area contributed by atoms with Crippen LogP contribution in [0.15, 0.2) is 47.4 Å². The van der Waals surface area contributed by atoms with Crippen molar-refractivity contribution in [1.82, 2.24) is 9.88 Å². The molecule has 1 N–H and O–H groups in total. The van der Waals surface area contributed by atoms with Gasteiger partial charge in [0.05, 0.1) is 5.56 Å². The normalized spacial score (nSPS) is 17.7. The fourth-order valence-corrected chi connectivity index (χ4v) is 2.92. The van der Waals surface area contributed by atoms with Gasteiger partial charge in [0.1, 0.15) is 5.82 Å². The summed E-state index contributed by atoms with van der Waals surface area (Å²) in [5.41, 5.74) is 1.29. The lowest BCUT2D eigenvalue weighted by molar-refractivity contribution is 0.0736. The molecule has 0 aliphatic carbocycles. The zero-order chi connectivity index (χ0) is 15.5. The van der Waals surface area contributed by atoms with Crippen molar-refractivity contribution in [3.8, 4) is 0 Å². The lowest BCUT2D eigenvalue weighted by Crippen LogP contribution is -2.37. The highest BCUT2D eigenvalue weighted by molar-refractivity contribution is 5.94. The molecular weight excluding hydrogens is 283 g/mol. The van der Waals surface area contributed by atoms with Gasteiger partial charge in [-0.1, -0.05) is 12.1 Å². The van der Waals surface area contributed by atoms with Crippen molar-refractivity contribution in [3.05, 3.63) is 69.9 Å². The fourth-order valence-electron chi connectivity index (χ4n) is 2.92. The lowest BCUT2D eigenvalue weighted by Gasteiger charge is -2.25. The zero-order valence-corrected chi connectivity index (χ0v) is 12.1. The van der Waals surface area contributed by atoms with E-state index < -0.39 is 0 Å². The van der Waals surface area contributed by atoms with Crippen LogP contribution in [0.2, 0.25) is 0 Å². The summed E-state index contributed by atoms with van der Waals surface area (Å²) in [5.74, 6) is -0.322. The molecule has 1 aliphatic rings. The van der Waals surface area contributed by atoms with Crippen molar-refractivity contribution >= 4 is 5.91 Å². The number of aromatic nitrogens is 1. The molecule has 1 aromatic carbocycles. The minimum absolute atomic E-state index is 0.0686. The van der Waals surface area contributed by atoms with Crippen LogP contribution in [-0.2, 0) is 6.42 Å². The van der Waals surface area contributed by atoms with E-state index in [1.165, 1.54) is 24.4 Å². The predicted molar refractivity (Wildman–Crippen MR) is 81.2 cm³/mol. The number of pyridine rings is 1. The van der Waals surface area contributed by atoms with Crippen molar-refractivity contribution in [2.75, 3.05) is 6.54 Å². The van der Waals surface area contributed by atoms with E-state index >= 15 is 0 Å². The first kappa shape index (κ1) is 14.5. The van der Waals surface area contributed by atoms with Gasteiger partial charge in [0.25, 0.3) is 5.91 Å². The minimum Gasteiger partial charge on any atom is -0.335 e. The summed E-state index contributed by atoms with van der Waals surface area (Å²) in [6.45, 7) is 0.712. The molecule has 1 saturated heterocycles. The Bertz CT molecular complexity index is 704. The van der Waals surface area contributed by atoms with Crippen LogP contribution < -0.4 is 5.56 Å². The molecular formula is C17H17FN2O2. The van der Waals surface area contributed by atoms with E-state index in [1.807, 2.05) is 4.90 Å². The third-order valence-electron chi connectivity index (χ3n) is 4.05. The van der Waals surface area contributed by atoms with Gasteiger partial charge in [0.15, 0.2) is 0 Å². The second-order valence-corrected chi connectivity index (χ2v) is 5.57. The average molecular weight is 300 g/mol. The van der Waals surface area contributed by atoms with Crippen molar-refractivity contribution in [1.29, 1.82) is 0 Å². The standard InChI is InChI=1S/C17H17FN2O2/c18-14-6-3-12(4-7-14)10-15-2-1-9-20(15)17(22)13-5-8-16(21)19-11-13/h3-8,11,15H,1-2,9-10H2,(H,19,21). The van der Waals surface area contributed by atoms with Gasteiger partial charge < -0.3 is 9.88 Å². The summed E-state index contributed by atoms with van der Waals surface area (Å²) < 4.78 is 13.0. The Morgan fingerprint density at radius 1 is 1.23 bits per heavy atom. The number of aromatic amines is 1. The van der Waals surface area contributed by atoms with Crippen LogP contribution in [-0.4, -0.2) is 28.4 Å². The quantitative estimate of drug-likeness (QED) is 0.946. The average Bonchev–Trinajstić information content (AvgIpc) is 2.98. The summed E-state index contributed by atoms with van der Waals surface area (Å²) in [5, 5.41) is 0. The molecule has 22 heavy (non-hydrogen) atoms. The van der Waals surface area contributed by atoms with Crippen LogP contribution in [0.1, 0.15) is 28.8 Å². The molecule has 0 bridgehead atoms. The van der Waals surface area contributed by atoms with Gasteiger partial charge >= 0.3 is 0 Å². The molecule has 1 atom stereocenters. The van der Waals surface area contributed by atoms with Crippen molar-refractivity contribution in [3.63, 3.8) is 0 Å². The number of amides is 1. The third kappa shape index (κ3) is 3.08. The van der Waals surface area contributed by atoms with E-state index in [1.54, 1.807) is 18.2 Å². The van der Waals surface area contributed by atoms with Gasteiger partial charge in [0, 0.05) is 24.8 Å². The van der Waals surface area contributed by atoms with Crippen molar-refractivity contribution < 1.29 is 9.18 Å². The number of nitrogens with one attached hydrogen (secondary N) is 1. The Labute approximate surface area is 127 Å². The minimum atomic E-state index is -0.253. The Balaban J connectivity index is 1.75. The van der Waals surface area contributed by atoms with Crippen molar-refractivity contribution in [2.45, 2.75) is 25.3 Å². The number of benzene rings is 1. The summed E-state index contributed by atoms with van der Waals surface area (Å²) in [6.07, 6.45) is 4.07. The van der Waals surface area contributed by atoms with E-state index in [4.69, 9.17) is 0 Å². The van der Waals surface area contributed by atoms with Gasteiger partial charge in [-0.05, 0) is 43.0 Å². The SMILES string of the molecule is O=C(c1ccc(=O)[nH]c1)N1CCCC1Cc1ccc(F)cc1. The molecule has 114 valence electrons. The number of nitrogens with zero attached hydrogens (tertiary/aromatic N) is 1. The molecule has 5 heteroatoms. The van der Waals surface area contributed by atoms with Gasteiger partial charge in [-0.3, -0.25) is 9.59 Å². The van der Waals surface area contributed by atoms with Gasteiger partial charge in [-0.25, -0.2) is 4.39 Å². The van der Waals surface area contributed by atoms with Gasteiger partial charge in [0.2, 0.25) is 5.56 Å². The number of hydrogen-bond donors (Lipinski definition) is 1. The molecule has 4 nitrogen and oxygen atoms in total. The number of carbonyl (C=O) groups excluding carboxylic acids is 1. The Morgan fingerprint density at radius 3 is 2.68 bits per heavy atom. The summed E-state index contributed by atoms with van der Waals surface area (Å²) in [4.78, 5) is 28.0. The number of likely N-dealkylation sites (tertiary alicyclic amines) is 1. The zero-order valence-electron chi connectivity index (χ0n) is 12.1. The molecule has 0 radical (unpaired) electrons. The first-order valence-electron chi connectivity index (χ1n) is 7.37. The predicted octanol–water partition coefficient (Wildman–Crippen LogP) is 2.36. The highest BCUT2D eigenvalue weighted by atomic mass is 19.1. The molecule has 1 aromatic heterocycles. The van der Waals surface area contributed by atoms with E-state index in [9.17, 15) is 14.0 Å². The maximum atomic E-state index is 13.0. The highest BCUT2D eigenvalue weighted by Gasteiger charge is 2.29. The lowest BCUT2D eigenvalue weighted by atomic mass is 10.0. The second kappa shape index (κ2) is 6.13.